The van der Waals surface area contributed by atoms with Gasteiger partial charge < -0.3 is 19.7 Å². The van der Waals surface area contributed by atoms with Gasteiger partial charge in [-0.25, -0.2) is 9.59 Å². The van der Waals surface area contributed by atoms with Crippen LogP contribution in [0.15, 0.2) is 30.3 Å². The van der Waals surface area contributed by atoms with Crippen LogP contribution in [0.1, 0.15) is 58.4 Å². The summed E-state index contributed by atoms with van der Waals surface area (Å²) in [6.07, 6.45) is 2.40. The van der Waals surface area contributed by atoms with Crippen LogP contribution in [0, 0.1) is 0 Å². The normalized spacial score (nSPS) is 24.4. The number of rotatable bonds is 4. The van der Waals surface area contributed by atoms with E-state index in [1.165, 1.54) is 0 Å². The van der Waals surface area contributed by atoms with Crippen LogP contribution in [0.25, 0.3) is 0 Å². The summed E-state index contributed by atoms with van der Waals surface area (Å²) >= 11 is 0. The fourth-order valence-corrected chi connectivity index (χ4v) is 4.07. The van der Waals surface area contributed by atoms with Crippen LogP contribution < -0.4 is 5.32 Å². The highest BCUT2D eigenvalue weighted by Gasteiger charge is 2.47. The molecule has 0 bridgehead atoms. The fourth-order valence-electron chi connectivity index (χ4n) is 4.07. The summed E-state index contributed by atoms with van der Waals surface area (Å²) in [7, 11) is 0. The van der Waals surface area contributed by atoms with Crippen molar-refractivity contribution in [3.63, 3.8) is 0 Å². The monoisotopic (exact) mass is 402 g/mol. The number of hydrogen-bond acceptors (Lipinski definition) is 5. The molecule has 7 nitrogen and oxygen atoms in total. The van der Waals surface area contributed by atoms with Crippen LogP contribution in [0.3, 0.4) is 0 Å². The number of hydrogen-bond donors (Lipinski definition) is 1. The predicted octanol–water partition coefficient (Wildman–Crippen LogP) is 3.17. The van der Waals surface area contributed by atoms with Gasteiger partial charge in [0.1, 0.15) is 18.2 Å². The minimum absolute atomic E-state index is 0.0506. The average molecular weight is 402 g/mol. The van der Waals surface area contributed by atoms with Crippen molar-refractivity contribution in [3.05, 3.63) is 35.9 Å². The Kier molecular flexibility index (Phi) is 6.45. The zero-order chi connectivity index (χ0) is 21.0. The lowest BCUT2D eigenvalue weighted by Crippen LogP contribution is -2.53. The Morgan fingerprint density at radius 3 is 2.55 bits per heavy atom. The first-order valence-electron chi connectivity index (χ1n) is 10.3. The lowest BCUT2D eigenvalue weighted by Gasteiger charge is -2.33. The highest BCUT2D eigenvalue weighted by Crippen LogP contribution is 2.33. The van der Waals surface area contributed by atoms with Gasteiger partial charge in [-0.2, -0.15) is 0 Å². The molecule has 7 heteroatoms. The zero-order valence-corrected chi connectivity index (χ0v) is 17.3. The van der Waals surface area contributed by atoms with Gasteiger partial charge in [0.15, 0.2) is 0 Å². The molecule has 0 aliphatic carbocycles. The van der Waals surface area contributed by atoms with Crippen LogP contribution in [-0.4, -0.2) is 46.6 Å². The first-order valence-corrected chi connectivity index (χ1v) is 10.3. The molecule has 0 saturated carbocycles. The van der Waals surface area contributed by atoms with Gasteiger partial charge in [-0.1, -0.05) is 30.3 Å². The molecule has 1 N–H and O–H groups in total. The van der Waals surface area contributed by atoms with Gasteiger partial charge in [0.25, 0.3) is 0 Å². The van der Waals surface area contributed by atoms with Crippen molar-refractivity contribution in [2.45, 2.75) is 83.2 Å². The summed E-state index contributed by atoms with van der Waals surface area (Å²) in [6.45, 7) is 5.63. The van der Waals surface area contributed by atoms with E-state index in [0.29, 0.717) is 32.1 Å². The Balaban J connectivity index is 1.64. The predicted molar refractivity (Wildman–Crippen MR) is 107 cm³/mol. The second kappa shape index (κ2) is 8.84. The maximum absolute atomic E-state index is 12.7. The SMILES string of the molecule is CC(C)(C)OC(=O)[C@@H]1CC[C@H]2[C@H](NC(=O)OCc3ccccc3)CCCC(=O)N12. The number of benzene rings is 1. The van der Waals surface area contributed by atoms with E-state index in [2.05, 4.69) is 5.32 Å². The van der Waals surface area contributed by atoms with E-state index in [1.807, 2.05) is 51.1 Å². The molecule has 158 valence electrons. The second-order valence-electron chi connectivity index (χ2n) is 8.70. The molecule has 0 unspecified atom stereocenters. The molecule has 0 aromatic heterocycles. The van der Waals surface area contributed by atoms with Gasteiger partial charge in [0.05, 0.1) is 12.1 Å². The van der Waals surface area contributed by atoms with E-state index in [-0.39, 0.29) is 30.6 Å². The number of amides is 2. The van der Waals surface area contributed by atoms with Gasteiger partial charge in [-0.3, -0.25) is 4.79 Å². The van der Waals surface area contributed by atoms with Crippen molar-refractivity contribution in [2.24, 2.45) is 0 Å². The van der Waals surface area contributed by atoms with Gasteiger partial charge in [-0.05, 0) is 52.0 Å². The minimum atomic E-state index is -0.608. The summed E-state index contributed by atoms with van der Waals surface area (Å²) in [5.41, 5.74) is 0.300. The van der Waals surface area contributed by atoms with E-state index < -0.39 is 17.7 Å². The third-order valence-electron chi connectivity index (χ3n) is 5.28. The van der Waals surface area contributed by atoms with Crippen LogP contribution in [0.4, 0.5) is 4.79 Å². The maximum Gasteiger partial charge on any atom is 0.407 e. The Hall–Kier alpha value is -2.57. The lowest BCUT2D eigenvalue weighted by molar-refractivity contribution is -0.164. The van der Waals surface area contributed by atoms with Crippen molar-refractivity contribution in [1.82, 2.24) is 10.2 Å². The molecule has 3 rings (SSSR count). The van der Waals surface area contributed by atoms with E-state index in [0.717, 1.165) is 5.56 Å². The zero-order valence-electron chi connectivity index (χ0n) is 17.3. The van der Waals surface area contributed by atoms with E-state index in [4.69, 9.17) is 9.47 Å². The smallest absolute Gasteiger partial charge is 0.407 e. The number of fused-ring (bicyclic) bond motifs is 1. The Bertz CT molecular complexity index is 743. The highest BCUT2D eigenvalue weighted by molar-refractivity contribution is 5.86. The second-order valence-corrected chi connectivity index (χ2v) is 8.70. The minimum Gasteiger partial charge on any atom is -0.458 e. The van der Waals surface area contributed by atoms with Crippen molar-refractivity contribution in [1.29, 1.82) is 0 Å². The highest BCUT2D eigenvalue weighted by atomic mass is 16.6. The molecule has 2 heterocycles. The number of esters is 1. The van der Waals surface area contributed by atoms with Crippen LogP contribution in [0.2, 0.25) is 0 Å². The van der Waals surface area contributed by atoms with Crippen molar-refractivity contribution in [3.8, 4) is 0 Å². The van der Waals surface area contributed by atoms with E-state index in [9.17, 15) is 14.4 Å². The standard InChI is InChI=1S/C22H30N2O5/c1-22(2,3)29-20(26)18-13-12-17-16(10-7-11-19(25)24(17)18)23-21(27)28-14-15-8-5-4-6-9-15/h4-6,8-9,16-18H,7,10-14H2,1-3H3,(H,23,27)/t16-,17+,18+/m1/s1. The fraction of sp³-hybridized carbons (Fsp3) is 0.591. The molecule has 2 fully saturated rings. The van der Waals surface area contributed by atoms with E-state index in [1.54, 1.807) is 4.90 Å². The van der Waals surface area contributed by atoms with Gasteiger partial charge in [-0.15, -0.1) is 0 Å². The largest absolute Gasteiger partial charge is 0.458 e. The number of carbonyl (C=O) groups excluding carboxylic acids is 3. The third-order valence-corrected chi connectivity index (χ3v) is 5.28. The van der Waals surface area contributed by atoms with Crippen LogP contribution in [-0.2, 0) is 25.7 Å². The molecule has 1 aromatic carbocycles. The van der Waals surface area contributed by atoms with Crippen molar-refractivity contribution >= 4 is 18.0 Å². The quantitative estimate of drug-likeness (QED) is 0.782. The number of ether oxygens (including phenoxy) is 2. The topological polar surface area (TPSA) is 84.9 Å². The molecule has 29 heavy (non-hydrogen) atoms. The van der Waals surface area contributed by atoms with Crippen LogP contribution in [0.5, 0.6) is 0 Å². The molecule has 1 aromatic rings. The summed E-state index contributed by atoms with van der Waals surface area (Å²) in [5.74, 6) is -0.425. The molecule has 2 aliphatic heterocycles. The molecular formula is C22H30N2O5. The first-order chi connectivity index (χ1) is 13.7. The summed E-state index contributed by atoms with van der Waals surface area (Å²) < 4.78 is 10.9. The van der Waals surface area contributed by atoms with Gasteiger partial charge in [0, 0.05) is 6.42 Å². The Morgan fingerprint density at radius 2 is 1.86 bits per heavy atom. The Morgan fingerprint density at radius 1 is 1.14 bits per heavy atom. The van der Waals surface area contributed by atoms with Crippen molar-refractivity contribution < 1.29 is 23.9 Å². The first kappa shape index (κ1) is 21.1. The van der Waals surface area contributed by atoms with Crippen molar-refractivity contribution in [2.75, 3.05) is 0 Å². The summed E-state index contributed by atoms with van der Waals surface area (Å²) in [6, 6.07) is 8.42. The molecule has 3 atom stereocenters. The summed E-state index contributed by atoms with van der Waals surface area (Å²) in [5, 5.41) is 2.92. The third kappa shape index (κ3) is 5.49. The number of nitrogens with one attached hydrogen (secondary N) is 1. The molecule has 2 amide bonds. The molecular weight excluding hydrogens is 372 g/mol. The van der Waals surface area contributed by atoms with Crippen LogP contribution >= 0.6 is 0 Å². The average Bonchev–Trinajstić information content (AvgIpc) is 3.04. The molecule has 2 aliphatic rings. The Labute approximate surface area is 171 Å². The maximum atomic E-state index is 12.7. The lowest BCUT2D eigenvalue weighted by atomic mass is 10.0. The number of nitrogens with zero attached hydrogens (tertiary/aromatic N) is 1. The van der Waals surface area contributed by atoms with Gasteiger partial charge >= 0.3 is 12.1 Å². The number of alkyl carbamates (subject to hydrolysis) is 1. The molecule has 0 spiro atoms. The van der Waals surface area contributed by atoms with E-state index >= 15 is 0 Å². The van der Waals surface area contributed by atoms with Gasteiger partial charge in [0.2, 0.25) is 5.91 Å². The summed E-state index contributed by atoms with van der Waals surface area (Å²) in [4.78, 5) is 39.3. The molecule has 0 radical (unpaired) electrons. The molecule has 2 saturated heterocycles. The number of carbonyl (C=O) groups is 3.